The molecule has 0 fully saturated rings. The largest absolute Gasteiger partial charge is 0.329 e. The van der Waals surface area contributed by atoms with Gasteiger partial charge in [0.05, 0.1) is 23.1 Å². The highest BCUT2D eigenvalue weighted by atomic mass is 32.2. The number of benzene rings is 1. The summed E-state index contributed by atoms with van der Waals surface area (Å²) >= 11 is 3.57. The van der Waals surface area contributed by atoms with Gasteiger partial charge in [-0.3, -0.25) is 0 Å². The van der Waals surface area contributed by atoms with Gasteiger partial charge in [0.1, 0.15) is 10.1 Å². The van der Waals surface area contributed by atoms with Gasteiger partial charge in [0, 0.05) is 23.8 Å². The van der Waals surface area contributed by atoms with Crippen molar-refractivity contribution in [1.29, 1.82) is 0 Å². The number of fused-ring (bicyclic) bond motifs is 2. The molecule has 24 heavy (non-hydrogen) atoms. The smallest absolute Gasteiger partial charge is 0.121 e. The maximum absolute atomic E-state index is 4.46. The Morgan fingerprint density at radius 2 is 1.25 bits per heavy atom. The molecule has 0 saturated heterocycles. The minimum atomic E-state index is 0.905. The van der Waals surface area contributed by atoms with E-state index in [0.717, 1.165) is 21.8 Å². The highest BCUT2D eigenvalue weighted by Gasteiger charge is 2.25. The predicted octanol–water partition coefficient (Wildman–Crippen LogP) is 4.88. The van der Waals surface area contributed by atoms with Gasteiger partial charge in [-0.1, -0.05) is 29.6 Å². The molecule has 2 aliphatic heterocycles. The van der Waals surface area contributed by atoms with Crippen molar-refractivity contribution in [2.45, 2.75) is 10.1 Å². The molecular formula is C18H14N4S2. The van der Waals surface area contributed by atoms with Gasteiger partial charge in [-0.15, -0.1) is 0 Å². The summed E-state index contributed by atoms with van der Waals surface area (Å²) < 4.78 is 0. The molecule has 0 spiro atoms. The Bertz CT molecular complexity index is 844. The van der Waals surface area contributed by atoms with Crippen molar-refractivity contribution in [2.24, 2.45) is 0 Å². The first kappa shape index (κ1) is 14.2. The van der Waals surface area contributed by atoms with Gasteiger partial charge in [-0.25, -0.2) is 9.97 Å². The van der Waals surface area contributed by atoms with Crippen molar-refractivity contribution in [3.63, 3.8) is 0 Å². The molecule has 0 amide bonds. The predicted molar refractivity (Wildman–Crippen MR) is 101 cm³/mol. The van der Waals surface area contributed by atoms with E-state index in [2.05, 4.69) is 56.2 Å². The van der Waals surface area contributed by atoms with Crippen LogP contribution < -0.4 is 9.80 Å². The fourth-order valence-corrected chi connectivity index (χ4v) is 5.05. The van der Waals surface area contributed by atoms with Crippen LogP contribution in [0.5, 0.6) is 0 Å². The molecule has 0 aliphatic carbocycles. The maximum Gasteiger partial charge on any atom is 0.121 e. The normalized spacial score (nSPS) is 15.5. The zero-order chi connectivity index (χ0) is 15.9. The standard InChI is InChI=1S/C18H14N4S2/c1-4-13(21-11-23-17-15(21)6-2-8-19-17)10-14(5-1)22-12-24-18-16(22)7-3-9-20-18/h1-10H,11-12H2. The molecule has 1 aromatic carbocycles. The zero-order valence-electron chi connectivity index (χ0n) is 12.8. The fraction of sp³-hybridized carbons (Fsp3) is 0.111. The minimum Gasteiger partial charge on any atom is -0.329 e. The Kier molecular flexibility index (Phi) is 3.38. The van der Waals surface area contributed by atoms with Crippen LogP contribution in [0.1, 0.15) is 0 Å². The van der Waals surface area contributed by atoms with Crippen LogP contribution in [0.3, 0.4) is 0 Å². The van der Waals surface area contributed by atoms with Crippen LogP contribution in [0, 0.1) is 0 Å². The van der Waals surface area contributed by atoms with Gasteiger partial charge >= 0.3 is 0 Å². The molecule has 0 saturated carbocycles. The topological polar surface area (TPSA) is 32.3 Å². The van der Waals surface area contributed by atoms with Crippen molar-refractivity contribution < 1.29 is 0 Å². The van der Waals surface area contributed by atoms with E-state index >= 15 is 0 Å². The van der Waals surface area contributed by atoms with Crippen molar-refractivity contribution in [3.8, 4) is 0 Å². The average Bonchev–Trinajstić information content (AvgIpc) is 3.26. The molecule has 3 aromatic rings. The molecule has 0 bridgehead atoms. The van der Waals surface area contributed by atoms with Gasteiger partial charge in [-0.05, 0) is 42.5 Å². The van der Waals surface area contributed by atoms with Crippen molar-refractivity contribution in [3.05, 3.63) is 60.9 Å². The first-order valence-electron chi connectivity index (χ1n) is 7.71. The van der Waals surface area contributed by atoms with Crippen molar-refractivity contribution in [1.82, 2.24) is 9.97 Å². The Hall–Kier alpha value is -2.18. The summed E-state index contributed by atoms with van der Waals surface area (Å²) in [6.07, 6.45) is 3.72. The summed E-state index contributed by atoms with van der Waals surface area (Å²) in [6.45, 7) is 0. The summed E-state index contributed by atoms with van der Waals surface area (Å²) in [5, 5.41) is 2.21. The fourth-order valence-electron chi connectivity index (χ4n) is 3.04. The molecule has 4 nitrogen and oxygen atoms in total. The van der Waals surface area contributed by atoms with Crippen LogP contribution in [0.25, 0.3) is 0 Å². The second-order valence-corrected chi connectivity index (χ2v) is 7.45. The van der Waals surface area contributed by atoms with Crippen LogP contribution in [-0.4, -0.2) is 21.7 Å². The third-order valence-corrected chi connectivity index (χ3v) is 6.15. The van der Waals surface area contributed by atoms with E-state index in [1.165, 1.54) is 22.7 Å². The average molecular weight is 350 g/mol. The summed E-state index contributed by atoms with van der Waals surface area (Å²) in [6, 6.07) is 17.0. The zero-order valence-corrected chi connectivity index (χ0v) is 14.4. The lowest BCUT2D eigenvalue weighted by atomic mass is 10.2. The lowest BCUT2D eigenvalue weighted by Crippen LogP contribution is -2.14. The summed E-state index contributed by atoms with van der Waals surface area (Å²) in [7, 11) is 0. The van der Waals surface area contributed by atoms with E-state index in [1.54, 1.807) is 23.5 Å². The van der Waals surface area contributed by atoms with Crippen LogP contribution in [0.4, 0.5) is 22.7 Å². The number of pyridine rings is 2. The quantitative estimate of drug-likeness (QED) is 0.655. The molecule has 0 unspecified atom stereocenters. The second kappa shape index (κ2) is 5.72. The molecule has 2 aromatic heterocycles. The third-order valence-electron chi connectivity index (χ3n) is 4.20. The molecular weight excluding hydrogens is 336 g/mol. The number of rotatable bonds is 2. The van der Waals surface area contributed by atoms with E-state index in [1.807, 2.05) is 24.5 Å². The van der Waals surface area contributed by atoms with Crippen LogP contribution in [0.15, 0.2) is 71.0 Å². The van der Waals surface area contributed by atoms with Crippen LogP contribution >= 0.6 is 23.5 Å². The molecule has 0 atom stereocenters. The molecule has 0 N–H and O–H groups in total. The van der Waals surface area contributed by atoms with Crippen molar-refractivity contribution in [2.75, 3.05) is 21.6 Å². The van der Waals surface area contributed by atoms with Gasteiger partial charge in [0.15, 0.2) is 0 Å². The number of anilines is 4. The minimum absolute atomic E-state index is 0.905. The first-order chi connectivity index (χ1) is 11.9. The van der Waals surface area contributed by atoms with E-state index in [-0.39, 0.29) is 0 Å². The van der Waals surface area contributed by atoms with Crippen LogP contribution in [-0.2, 0) is 0 Å². The maximum atomic E-state index is 4.46. The van der Waals surface area contributed by atoms with Gasteiger partial charge in [0.25, 0.3) is 0 Å². The summed E-state index contributed by atoms with van der Waals surface area (Å²) in [4.78, 5) is 13.6. The number of thioether (sulfide) groups is 2. The summed E-state index contributed by atoms with van der Waals surface area (Å²) in [5.41, 5.74) is 4.79. The lowest BCUT2D eigenvalue weighted by molar-refractivity contribution is 1.08. The Morgan fingerprint density at radius 3 is 1.79 bits per heavy atom. The van der Waals surface area contributed by atoms with E-state index in [4.69, 9.17) is 0 Å². The van der Waals surface area contributed by atoms with E-state index < -0.39 is 0 Å². The summed E-state index contributed by atoms with van der Waals surface area (Å²) in [5.74, 6) is 1.81. The highest BCUT2D eigenvalue weighted by molar-refractivity contribution is 8.00. The van der Waals surface area contributed by atoms with Gasteiger partial charge in [0.2, 0.25) is 0 Å². The van der Waals surface area contributed by atoms with E-state index in [9.17, 15) is 0 Å². The molecule has 0 radical (unpaired) electrons. The Balaban J connectivity index is 1.52. The Morgan fingerprint density at radius 1 is 0.708 bits per heavy atom. The molecule has 2 aliphatic rings. The van der Waals surface area contributed by atoms with Crippen LogP contribution in [0.2, 0.25) is 0 Å². The number of hydrogen-bond donors (Lipinski definition) is 0. The molecule has 5 rings (SSSR count). The monoisotopic (exact) mass is 350 g/mol. The Labute approximate surface area is 148 Å². The van der Waals surface area contributed by atoms with Gasteiger partial charge < -0.3 is 9.80 Å². The highest BCUT2D eigenvalue weighted by Crippen LogP contribution is 2.44. The second-order valence-electron chi connectivity index (χ2n) is 5.58. The number of hydrogen-bond acceptors (Lipinski definition) is 6. The number of nitrogens with zero attached hydrogens (tertiary/aromatic N) is 4. The van der Waals surface area contributed by atoms with E-state index in [0.29, 0.717) is 0 Å². The van der Waals surface area contributed by atoms with Gasteiger partial charge in [-0.2, -0.15) is 0 Å². The SMILES string of the molecule is c1cc(N2CSc3ncccc32)cc(N2CSc3ncccc32)c1. The third kappa shape index (κ3) is 2.25. The first-order valence-corrected chi connectivity index (χ1v) is 9.68. The molecule has 6 heteroatoms. The number of aromatic nitrogens is 2. The molecule has 118 valence electrons. The lowest BCUT2D eigenvalue weighted by Gasteiger charge is -2.23. The van der Waals surface area contributed by atoms with Crippen molar-refractivity contribution >= 4 is 46.3 Å². The molecule has 4 heterocycles.